The standard InChI is InChI=1S/C30H35Cl2FN4O4S/c1-21(2)18-34-30(39)28(17-22-8-6-5-7-9-22)36(19-23-10-15-26(31)27(32)16-23)29(38)20-37(42(40,41)35(3)4)25-13-11-24(33)12-14-25/h5-16,21,28H,17-20H2,1-4H3,(H,34,39)/t28-/m1/s1. The second-order valence-electron chi connectivity index (χ2n) is 10.4. The topological polar surface area (TPSA) is 90.0 Å². The summed E-state index contributed by atoms with van der Waals surface area (Å²) in [6, 6.07) is 17.9. The SMILES string of the molecule is CC(C)CNC(=O)[C@@H](Cc1ccccc1)N(Cc1ccc(Cl)c(Cl)c1)C(=O)CN(c1ccc(F)cc1)S(=O)(=O)N(C)C. The highest BCUT2D eigenvalue weighted by Crippen LogP contribution is 2.26. The molecule has 0 bridgehead atoms. The van der Waals surface area contributed by atoms with Crippen LogP contribution in [0.3, 0.4) is 0 Å². The summed E-state index contributed by atoms with van der Waals surface area (Å²) < 4.78 is 42.3. The molecule has 3 aromatic rings. The van der Waals surface area contributed by atoms with Crippen LogP contribution >= 0.6 is 23.2 Å². The van der Waals surface area contributed by atoms with Crippen LogP contribution in [0.5, 0.6) is 0 Å². The van der Waals surface area contributed by atoms with E-state index in [-0.39, 0.29) is 35.5 Å². The molecule has 1 atom stereocenters. The maximum Gasteiger partial charge on any atom is 0.304 e. The molecule has 0 aromatic heterocycles. The highest BCUT2D eigenvalue weighted by atomic mass is 35.5. The molecular formula is C30H35Cl2FN4O4S. The molecule has 12 heteroatoms. The molecule has 3 aromatic carbocycles. The van der Waals surface area contributed by atoms with Crippen molar-refractivity contribution < 1.29 is 22.4 Å². The highest BCUT2D eigenvalue weighted by molar-refractivity contribution is 7.90. The third-order valence-corrected chi connectivity index (χ3v) is 8.98. The van der Waals surface area contributed by atoms with Gasteiger partial charge in [-0.3, -0.25) is 9.59 Å². The van der Waals surface area contributed by atoms with Crippen molar-refractivity contribution in [2.24, 2.45) is 5.92 Å². The molecule has 0 radical (unpaired) electrons. The number of carbonyl (C=O) groups is 2. The average Bonchev–Trinajstić information content (AvgIpc) is 2.95. The van der Waals surface area contributed by atoms with Crippen LogP contribution < -0.4 is 9.62 Å². The van der Waals surface area contributed by atoms with Crippen LogP contribution in [0.4, 0.5) is 10.1 Å². The van der Waals surface area contributed by atoms with Gasteiger partial charge in [-0.1, -0.05) is 73.4 Å². The lowest BCUT2D eigenvalue weighted by Crippen LogP contribution is -2.54. The van der Waals surface area contributed by atoms with E-state index >= 15 is 0 Å². The highest BCUT2D eigenvalue weighted by Gasteiger charge is 2.34. The number of anilines is 1. The first kappa shape index (κ1) is 33.3. The minimum Gasteiger partial charge on any atom is -0.354 e. The zero-order chi connectivity index (χ0) is 31.0. The summed E-state index contributed by atoms with van der Waals surface area (Å²) in [6.45, 7) is 3.60. The van der Waals surface area contributed by atoms with Gasteiger partial charge in [0.1, 0.15) is 18.4 Å². The number of halogens is 3. The molecule has 42 heavy (non-hydrogen) atoms. The number of hydrogen-bond donors (Lipinski definition) is 1. The fourth-order valence-corrected chi connectivity index (χ4v) is 5.51. The van der Waals surface area contributed by atoms with E-state index in [9.17, 15) is 22.4 Å². The summed E-state index contributed by atoms with van der Waals surface area (Å²) in [5, 5.41) is 3.52. The molecule has 0 saturated heterocycles. The van der Waals surface area contributed by atoms with Gasteiger partial charge in [0.15, 0.2) is 0 Å². The predicted molar refractivity (Wildman–Crippen MR) is 165 cm³/mol. The lowest BCUT2D eigenvalue weighted by molar-refractivity contribution is -0.140. The van der Waals surface area contributed by atoms with Gasteiger partial charge in [0.2, 0.25) is 11.8 Å². The van der Waals surface area contributed by atoms with Gasteiger partial charge in [0.25, 0.3) is 0 Å². The second kappa shape index (κ2) is 14.8. The van der Waals surface area contributed by atoms with Gasteiger partial charge in [-0.05, 0) is 53.4 Å². The average molecular weight is 638 g/mol. The Hall–Kier alpha value is -3.18. The lowest BCUT2D eigenvalue weighted by Gasteiger charge is -2.34. The molecule has 0 aliphatic rings. The molecule has 0 aliphatic heterocycles. The van der Waals surface area contributed by atoms with Crippen molar-refractivity contribution in [3.63, 3.8) is 0 Å². The lowest BCUT2D eigenvalue weighted by atomic mass is 10.0. The first-order chi connectivity index (χ1) is 19.8. The van der Waals surface area contributed by atoms with Crippen LogP contribution in [0.25, 0.3) is 0 Å². The van der Waals surface area contributed by atoms with Gasteiger partial charge in [-0.25, -0.2) is 8.70 Å². The molecule has 0 spiro atoms. The molecule has 226 valence electrons. The largest absolute Gasteiger partial charge is 0.354 e. The van der Waals surface area contributed by atoms with Crippen LogP contribution in [-0.4, -0.2) is 62.7 Å². The zero-order valence-electron chi connectivity index (χ0n) is 23.9. The van der Waals surface area contributed by atoms with Crippen molar-refractivity contribution >= 4 is 50.9 Å². The van der Waals surface area contributed by atoms with Crippen molar-refractivity contribution in [2.45, 2.75) is 32.9 Å². The Morgan fingerprint density at radius 3 is 2.12 bits per heavy atom. The number of nitrogens with zero attached hydrogens (tertiary/aromatic N) is 3. The van der Waals surface area contributed by atoms with Crippen LogP contribution in [0.2, 0.25) is 10.0 Å². The van der Waals surface area contributed by atoms with E-state index in [1.807, 2.05) is 44.2 Å². The molecule has 0 heterocycles. The van der Waals surface area contributed by atoms with Crippen LogP contribution in [0.1, 0.15) is 25.0 Å². The van der Waals surface area contributed by atoms with Crippen LogP contribution in [0, 0.1) is 11.7 Å². The van der Waals surface area contributed by atoms with Gasteiger partial charge in [0, 0.05) is 33.6 Å². The van der Waals surface area contributed by atoms with Crippen LogP contribution in [-0.2, 0) is 32.8 Å². The van der Waals surface area contributed by atoms with E-state index in [1.165, 1.54) is 31.1 Å². The number of amides is 2. The summed E-state index contributed by atoms with van der Waals surface area (Å²) in [5.41, 5.74) is 1.50. The second-order valence-corrected chi connectivity index (χ2v) is 13.3. The van der Waals surface area contributed by atoms with Crippen molar-refractivity contribution in [1.82, 2.24) is 14.5 Å². The third kappa shape index (κ3) is 8.91. The maximum atomic E-state index is 14.2. The quantitative estimate of drug-likeness (QED) is 0.281. The Morgan fingerprint density at radius 1 is 0.905 bits per heavy atom. The monoisotopic (exact) mass is 636 g/mol. The number of carbonyl (C=O) groups excluding carboxylic acids is 2. The van der Waals surface area contributed by atoms with Gasteiger partial charge < -0.3 is 10.2 Å². The summed E-state index contributed by atoms with van der Waals surface area (Å²) in [4.78, 5) is 29.2. The molecule has 0 saturated carbocycles. The number of hydrogen-bond acceptors (Lipinski definition) is 4. The molecule has 2 amide bonds. The minimum absolute atomic E-state index is 0.0540. The van der Waals surface area contributed by atoms with Crippen molar-refractivity contribution in [1.29, 1.82) is 0 Å². The van der Waals surface area contributed by atoms with Gasteiger partial charge in [-0.2, -0.15) is 12.7 Å². The van der Waals surface area contributed by atoms with Gasteiger partial charge in [-0.15, -0.1) is 0 Å². The van der Waals surface area contributed by atoms with E-state index in [0.717, 1.165) is 26.3 Å². The third-order valence-electron chi connectivity index (χ3n) is 6.43. The first-order valence-corrected chi connectivity index (χ1v) is 15.5. The predicted octanol–water partition coefficient (Wildman–Crippen LogP) is 5.16. The van der Waals surface area contributed by atoms with Crippen molar-refractivity contribution in [3.05, 3.63) is 99.8 Å². The van der Waals surface area contributed by atoms with E-state index in [0.29, 0.717) is 17.1 Å². The summed E-state index contributed by atoms with van der Waals surface area (Å²) in [7, 11) is -1.52. The smallest absolute Gasteiger partial charge is 0.304 e. The fourth-order valence-electron chi connectivity index (χ4n) is 4.14. The Balaban J connectivity index is 2.10. The van der Waals surface area contributed by atoms with Crippen molar-refractivity contribution in [2.75, 3.05) is 31.5 Å². The van der Waals surface area contributed by atoms with Crippen LogP contribution in [0.15, 0.2) is 72.8 Å². The summed E-state index contributed by atoms with van der Waals surface area (Å²) >= 11 is 12.4. The molecule has 8 nitrogen and oxygen atoms in total. The molecule has 3 rings (SSSR count). The number of rotatable bonds is 13. The Kier molecular flexibility index (Phi) is 11.8. The first-order valence-electron chi connectivity index (χ1n) is 13.3. The van der Waals surface area contributed by atoms with Crippen molar-refractivity contribution in [3.8, 4) is 0 Å². The molecule has 0 aliphatic carbocycles. The summed E-state index contributed by atoms with van der Waals surface area (Å²) in [5.74, 6) is -1.43. The summed E-state index contributed by atoms with van der Waals surface area (Å²) in [6.07, 6.45) is 0.175. The Labute approximate surface area is 257 Å². The molecule has 1 N–H and O–H groups in total. The number of benzene rings is 3. The van der Waals surface area contributed by atoms with Gasteiger partial charge >= 0.3 is 10.2 Å². The fraction of sp³-hybridized carbons (Fsp3) is 0.333. The minimum atomic E-state index is -4.19. The zero-order valence-corrected chi connectivity index (χ0v) is 26.3. The van der Waals surface area contributed by atoms with E-state index in [4.69, 9.17) is 23.2 Å². The molecular weight excluding hydrogens is 602 g/mol. The Bertz CT molecular complexity index is 1470. The van der Waals surface area contributed by atoms with E-state index in [1.54, 1.807) is 18.2 Å². The normalized spacial score (nSPS) is 12.3. The molecule has 0 unspecified atom stereocenters. The Morgan fingerprint density at radius 2 is 1.55 bits per heavy atom. The maximum absolute atomic E-state index is 14.2. The van der Waals surface area contributed by atoms with E-state index < -0.39 is 34.5 Å². The van der Waals surface area contributed by atoms with Gasteiger partial charge in [0.05, 0.1) is 15.7 Å². The number of nitrogens with one attached hydrogen (secondary N) is 1. The van der Waals surface area contributed by atoms with E-state index in [2.05, 4.69) is 5.32 Å². The molecule has 0 fully saturated rings.